The molecular weight excluding hydrogens is 254 g/mol. The van der Waals surface area contributed by atoms with E-state index in [4.69, 9.17) is 0 Å². The Morgan fingerprint density at radius 3 is 2.33 bits per heavy atom. The zero-order valence-corrected chi connectivity index (χ0v) is 11.5. The highest BCUT2D eigenvalue weighted by atomic mass is 32.2. The van der Waals surface area contributed by atoms with E-state index in [0.717, 1.165) is 5.56 Å². The van der Waals surface area contributed by atoms with E-state index in [1.807, 2.05) is 6.92 Å². The summed E-state index contributed by atoms with van der Waals surface area (Å²) in [6.07, 6.45) is 0.331. The zero-order chi connectivity index (χ0) is 13.8. The minimum atomic E-state index is -3.69. The summed E-state index contributed by atoms with van der Waals surface area (Å²) in [7, 11) is -2.47. The van der Waals surface area contributed by atoms with Crippen LogP contribution >= 0.6 is 0 Å². The number of sulfonamides is 1. The second-order valence-electron chi connectivity index (χ2n) is 3.92. The van der Waals surface area contributed by atoms with Crippen molar-refractivity contribution in [1.29, 1.82) is 0 Å². The highest BCUT2D eigenvalue weighted by Gasteiger charge is 2.24. The number of methoxy groups -OCH3 is 1. The number of aryl methyl sites for hydroxylation is 1. The molecule has 1 atom stereocenters. The first-order chi connectivity index (χ1) is 8.40. The van der Waals surface area contributed by atoms with Crippen LogP contribution in [0.25, 0.3) is 0 Å². The van der Waals surface area contributed by atoms with Gasteiger partial charge in [0, 0.05) is 0 Å². The Balaban J connectivity index is 2.94. The summed E-state index contributed by atoms with van der Waals surface area (Å²) in [4.78, 5) is 11.5. The van der Waals surface area contributed by atoms with Gasteiger partial charge < -0.3 is 4.74 Å². The first kappa shape index (κ1) is 14.7. The number of nitrogens with one attached hydrogen (secondary N) is 1. The number of esters is 1. The van der Waals surface area contributed by atoms with Gasteiger partial charge in [-0.05, 0) is 25.5 Å². The molecule has 6 heteroatoms. The molecule has 1 rings (SSSR count). The highest BCUT2D eigenvalue weighted by molar-refractivity contribution is 7.89. The van der Waals surface area contributed by atoms with Gasteiger partial charge in [0.15, 0.2) is 0 Å². The lowest BCUT2D eigenvalue weighted by Gasteiger charge is -2.14. The lowest BCUT2D eigenvalue weighted by Crippen LogP contribution is -2.40. The fourth-order valence-electron chi connectivity index (χ4n) is 1.41. The van der Waals surface area contributed by atoms with Crippen LogP contribution in [0.4, 0.5) is 0 Å². The van der Waals surface area contributed by atoms with Crippen molar-refractivity contribution in [2.45, 2.75) is 31.2 Å². The largest absolute Gasteiger partial charge is 0.468 e. The van der Waals surface area contributed by atoms with Crippen molar-refractivity contribution in [3.05, 3.63) is 29.8 Å². The van der Waals surface area contributed by atoms with Crippen molar-refractivity contribution in [3.8, 4) is 0 Å². The molecule has 0 spiro atoms. The van der Waals surface area contributed by atoms with Gasteiger partial charge in [0.1, 0.15) is 6.04 Å². The Morgan fingerprint density at radius 1 is 1.33 bits per heavy atom. The first-order valence-electron chi connectivity index (χ1n) is 5.57. The Bertz CT molecular complexity index is 507. The van der Waals surface area contributed by atoms with Crippen LogP contribution in [0.1, 0.15) is 18.9 Å². The van der Waals surface area contributed by atoms with Crippen molar-refractivity contribution in [3.63, 3.8) is 0 Å². The fraction of sp³-hybridized carbons (Fsp3) is 0.417. The quantitative estimate of drug-likeness (QED) is 0.817. The van der Waals surface area contributed by atoms with Gasteiger partial charge in [-0.2, -0.15) is 4.72 Å². The molecule has 0 heterocycles. The van der Waals surface area contributed by atoms with E-state index in [1.54, 1.807) is 19.1 Å². The maximum Gasteiger partial charge on any atom is 0.323 e. The monoisotopic (exact) mass is 271 g/mol. The maximum absolute atomic E-state index is 12.0. The zero-order valence-electron chi connectivity index (χ0n) is 10.6. The van der Waals surface area contributed by atoms with Crippen LogP contribution in [-0.2, 0) is 19.6 Å². The molecule has 0 saturated carbocycles. The standard InChI is InChI=1S/C12H17NO4S/c1-4-11(12(14)17-3)13-18(15,16)10-7-5-9(2)6-8-10/h5-8,11,13H,4H2,1-3H3/t11-/m1/s1. The minimum absolute atomic E-state index is 0.135. The molecule has 0 radical (unpaired) electrons. The second kappa shape index (κ2) is 5.97. The second-order valence-corrected chi connectivity index (χ2v) is 5.63. The molecule has 0 unspecified atom stereocenters. The molecule has 0 bridgehead atoms. The molecular formula is C12H17NO4S. The van der Waals surface area contributed by atoms with Gasteiger partial charge >= 0.3 is 5.97 Å². The van der Waals surface area contributed by atoms with Crippen molar-refractivity contribution >= 4 is 16.0 Å². The molecule has 0 aromatic heterocycles. The highest BCUT2D eigenvalue weighted by Crippen LogP contribution is 2.11. The molecule has 1 N–H and O–H groups in total. The summed E-state index contributed by atoms with van der Waals surface area (Å²) in [6, 6.07) is 5.55. The number of carbonyl (C=O) groups excluding carboxylic acids is 1. The van der Waals surface area contributed by atoms with Gasteiger partial charge in [-0.3, -0.25) is 4.79 Å². The molecule has 1 aromatic rings. The van der Waals surface area contributed by atoms with Crippen molar-refractivity contribution in [2.24, 2.45) is 0 Å². The van der Waals surface area contributed by atoms with Crippen LogP contribution in [0.3, 0.4) is 0 Å². The van der Waals surface area contributed by atoms with Crippen molar-refractivity contribution in [2.75, 3.05) is 7.11 Å². The van der Waals surface area contributed by atoms with E-state index >= 15 is 0 Å². The predicted octanol–water partition coefficient (Wildman–Crippen LogP) is 1.22. The van der Waals surface area contributed by atoms with E-state index in [9.17, 15) is 13.2 Å². The summed E-state index contributed by atoms with van der Waals surface area (Å²) in [5.74, 6) is -0.590. The smallest absolute Gasteiger partial charge is 0.323 e. The predicted molar refractivity (Wildman–Crippen MR) is 67.6 cm³/mol. The van der Waals surface area contributed by atoms with Gasteiger partial charge in [0.25, 0.3) is 0 Å². The molecule has 0 saturated heterocycles. The average molecular weight is 271 g/mol. The number of hydrogen-bond acceptors (Lipinski definition) is 4. The summed E-state index contributed by atoms with van der Waals surface area (Å²) < 4.78 is 30.9. The molecule has 5 nitrogen and oxygen atoms in total. The van der Waals surface area contributed by atoms with E-state index in [-0.39, 0.29) is 4.90 Å². The van der Waals surface area contributed by atoms with Crippen molar-refractivity contribution in [1.82, 2.24) is 4.72 Å². The van der Waals surface area contributed by atoms with E-state index in [2.05, 4.69) is 9.46 Å². The summed E-state index contributed by atoms with van der Waals surface area (Å²) in [5.41, 5.74) is 0.967. The van der Waals surface area contributed by atoms with Crippen LogP contribution in [0.5, 0.6) is 0 Å². The Morgan fingerprint density at radius 2 is 1.89 bits per heavy atom. The molecule has 0 aliphatic rings. The lowest BCUT2D eigenvalue weighted by atomic mass is 10.2. The van der Waals surface area contributed by atoms with Crippen LogP contribution in [0.15, 0.2) is 29.2 Å². The Labute approximate surface area is 107 Å². The van der Waals surface area contributed by atoms with Crippen LogP contribution < -0.4 is 4.72 Å². The van der Waals surface area contributed by atoms with Crippen LogP contribution in [-0.4, -0.2) is 27.5 Å². The number of hydrogen-bond donors (Lipinski definition) is 1. The summed E-state index contributed by atoms with van der Waals surface area (Å²) >= 11 is 0. The van der Waals surface area contributed by atoms with Crippen LogP contribution in [0.2, 0.25) is 0 Å². The average Bonchev–Trinajstić information content (AvgIpc) is 2.35. The molecule has 1 aromatic carbocycles. The number of benzene rings is 1. The Kier molecular flexibility index (Phi) is 4.86. The molecule has 100 valence electrons. The fourth-order valence-corrected chi connectivity index (χ4v) is 2.68. The molecule has 18 heavy (non-hydrogen) atoms. The third-order valence-electron chi connectivity index (χ3n) is 2.52. The molecule has 0 fully saturated rings. The van der Waals surface area contributed by atoms with Gasteiger partial charge in [0.05, 0.1) is 12.0 Å². The van der Waals surface area contributed by atoms with E-state index in [0.29, 0.717) is 6.42 Å². The lowest BCUT2D eigenvalue weighted by molar-refractivity contribution is -0.142. The third kappa shape index (κ3) is 3.54. The molecule has 0 aliphatic carbocycles. The number of ether oxygens (including phenoxy) is 1. The van der Waals surface area contributed by atoms with Gasteiger partial charge in [-0.1, -0.05) is 24.6 Å². The first-order valence-corrected chi connectivity index (χ1v) is 7.06. The maximum atomic E-state index is 12.0. The van der Waals surface area contributed by atoms with Gasteiger partial charge in [-0.25, -0.2) is 8.42 Å². The SMILES string of the molecule is CC[C@@H](NS(=O)(=O)c1ccc(C)cc1)C(=O)OC. The van der Waals surface area contributed by atoms with Crippen molar-refractivity contribution < 1.29 is 17.9 Å². The normalized spacial score (nSPS) is 13.1. The van der Waals surface area contributed by atoms with Gasteiger partial charge in [-0.15, -0.1) is 0 Å². The van der Waals surface area contributed by atoms with Crippen LogP contribution in [0, 0.1) is 6.92 Å². The summed E-state index contributed by atoms with van der Waals surface area (Å²) in [6.45, 7) is 3.58. The summed E-state index contributed by atoms with van der Waals surface area (Å²) in [5, 5.41) is 0. The topological polar surface area (TPSA) is 72.5 Å². The minimum Gasteiger partial charge on any atom is -0.468 e. The number of carbonyl (C=O) groups is 1. The molecule has 0 aliphatic heterocycles. The van der Waals surface area contributed by atoms with E-state index < -0.39 is 22.0 Å². The third-order valence-corrected chi connectivity index (χ3v) is 4.01. The Hall–Kier alpha value is -1.40. The molecule has 0 amide bonds. The van der Waals surface area contributed by atoms with Gasteiger partial charge in [0.2, 0.25) is 10.0 Å². The number of rotatable bonds is 5. The van der Waals surface area contributed by atoms with E-state index in [1.165, 1.54) is 19.2 Å².